The molecule has 0 N–H and O–H groups in total. The van der Waals surface area contributed by atoms with Gasteiger partial charge in [-0.2, -0.15) is 4.67 Å². The van der Waals surface area contributed by atoms with Gasteiger partial charge in [0.15, 0.2) is 0 Å². The summed E-state index contributed by atoms with van der Waals surface area (Å²) in [6, 6.07) is 0. The molecule has 0 aliphatic heterocycles. The molecule has 9 heteroatoms. The summed E-state index contributed by atoms with van der Waals surface area (Å²) in [5.74, 6) is -0.616. The van der Waals surface area contributed by atoms with Crippen molar-refractivity contribution in [2.75, 3.05) is 47.5 Å². The van der Waals surface area contributed by atoms with Crippen molar-refractivity contribution in [1.29, 1.82) is 0 Å². The average Bonchev–Trinajstić information content (AvgIpc) is 2.29. The molecule has 0 aromatic carbocycles. The second-order valence-corrected chi connectivity index (χ2v) is 6.41. The summed E-state index contributed by atoms with van der Waals surface area (Å²) >= 11 is 0. The van der Waals surface area contributed by atoms with Crippen molar-refractivity contribution in [1.82, 2.24) is 0 Å². The lowest BCUT2D eigenvalue weighted by atomic mass is 10.4. The number of phosphoric acid groups is 1. The molecule has 0 saturated carbocycles. The molecule has 0 fully saturated rings. The molecule has 0 bridgehead atoms. The molecule has 0 aliphatic rings. The molecule has 0 heterocycles. The van der Waals surface area contributed by atoms with Gasteiger partial charge in [0.25, 0.3) is 7.82 Å². The summed E-state index contributed by atoms with van der Waals surface area (Å²) in [7, 11) is 1.22. The normalized spacial score (nSPS) is 14.7. The lowest BCUT2D eigenvalue weighted by Crippen LogP contribution is -2.37. The summed E-state index contributed by atoms with van der Waals surface area (Å²) in [5, 5.41) is 0. The maximum atomic E-state index is 11.2. The van der Waals surface area contributed by atoms with Crippen LogP contribution in [0.25, 0.3) is 0 Å². The molecule has 0 spiro atoms. The maximum absolute atomic E-state index is 11.2. The van der Waals surface area contributed by atoms with Crippen molar-refractivity contribution in [2.24, 2.45) is 0 Å². The van der Waals surface area contributed by atoms with E-state index in [-0.39, 0.29) is 25.4 Å². The fourth-order valence-corrected chi connectivity index (χ4v) is 1.39. The van der Waals surface area contributed by atoms with Crippen molar-refractivity contribution in [3.05, 3.63) is 12.2 Å². The number of carbonyl (C=O) groups is 1. The van der Waals surface area contributed by atoms with Crippen LogP contribution in [0.2, 0.25) is 0 Å². The first-order valence-corrected chi connectivity index (χ1v) is 7.39. The number of hydrogen-bond donors (Lipinski definition) is 0. The zero-order valence-electron chi connectivity index (χ0n) is 12.3. The number of hydrogen-bond acceptors (Lipinski definition) is 7. The van der Waals surface area contributed by atoms with Crippen molar-refractivity contribution in [3.8, 4) is 0 Å². The van der Waals surface area contributed by atoms with Gasteiger partial charge >= 0.3 is 5.97 Å². The number of quaternary nitrogens is 1. The zero-order chi connectivity index (χ0) is 15.8. The summed E-state index contributed by atoms with van der Waals surface area (Å²) in [4.78, 5) is 26.8. The number of phosphoric ester groups is 1. The van der Waals surface area contributed by atoms with Crippen molar-refractivity contribution >= 4 is 13.8 Å². The van der Waals surface area contributed by atoms with E-state index in [1.54, 1.807) is 0 Å². The summed E-state index contributed by atoms with van der Waals surface area (Å²) in [6.07, 6.45) is 0. The van der Waals surface area contributed by atoms with Crippen LogP contribution in [-0.4, -0.2) is 58.0 Å². The Bertz CT molecular complexity index is 377. The third-order valence-corrected chi connectivity index (χ3v) is 2.69. The lowest BCUT2D eigenvalue weighted by molar-refractivity contribution is -0.871. The first kappa shape index (κ1) is 19.2. The monoisotopic (exact) mass is 311 g/mol. The van der Waals surface area contributed by atoms with Gasteiger partial charge in [0.1, 0.15) is 19.8 Å². The smallest absolute Gasteiger partial charge is 0.333 e. The first-order valence-electron chi connectivity index (χ1n) is 5.93. The van der Waals surface area contributed by atoms with Gasteiger partial charge in [0, 0.05) is 5.57 Å². The van der Waals surface area contributed by atoms with Crippen LogP contribution in [0.4, 0.5) is 0 Å². The molecule has 0 aromatic heterocycles. The Morgan fingerprint density at radius 1 is 1.25 bits per heavy atom. The van der Waals surface area contributed by atoms with E-state index in [4.69, 9.17) is 0 Å². The predicted molar refractivity (Wildman–Crippen MR) is 69.3 cm³/mol. The van der Waals surface area contributed by atoms with Gasteiger partial charge in [-0.25, -0.2) is 9.68 Å². The fraction of sp³-hybridized carbons (Fsp3) is 0.727. The largest absolute Gasteiger partial charge is 0.754 e. The van der Waals surface area contributed by atoms with E-state index in [2.05, 4.69) is 25.4 Å². The van der Waals surface area contributed by atoms with E-state index in [1.807, 2.05) is 21.1 Å². The van der Waals surface area contributed by atoms with Crippen LogP contribution >= 0.6 is 7.82 Å². The standard InChI is InChI=1S/C11H22NO7P/c1-10(2)11(13)16-8-9-18-20(14,15)19-17-7-6-12(3,4)5/h1,6-9H2,2-5H3. The molecule has 0 saturated heterocycles. The van der Waals surface area contributed by atoms with Crippen molar-refractivity contribution in [3.63, 3.8) is 0 Å². The molecule has 0 radical (unpaired) electrons. The average molecular weight is 311 g/mol. The molecule has 1 unspecified atom stereocenters. The first-order chi connectivity index (χ1) is 9.03. The van der Waals surface area contributed by atoms with Crippen LogP contribution in [0.3, 0.4) is 0 Å². The van der Waals surface area contributed by atoms with E-state index in [1.165, 1.54) is 6.92 Å². The van der Waals surface area contributed by atoms with E-state index in [0.29, 0.717) is 11.0 Å². The second-order valence-electron chi connectivity index (χ2n) is 5.11. The van der Waals surface area contributed by atoms with Gasteiger partial charge in [0.2, 0.25) is 0 Å². The minimum Gasteiger partial charge on any atom is -0.754 e. The number of rotatable bonds is 10. The number of ether oxygens (including phenoxy) is 1. The molecule has 0 aromatic rings. The Balaban J connectivity index is 3.77. The highest BCUT2D eigenvalue weighted by Crippen LogP contribution is 2.38. The Kier molecular flexibility index (Phi) is 8.19. The van der Waals surface area contributed by atoms with E-state index >= 15 is 0 Å². The number of esters is 1. The number of nitrogens with zero attached hydrogens (tertiary/aromatic N) is 1. The van der Waals surface area contributed by atoms with Crippen molar-refractivity contribution < 1.29 is 37.6 Å². The summed E-state index contributed by atoms with van der Waals surface area (Å²) in [6.45, 7) is 4.95. The van der Waals surface area contributed by atoms with Crippen molar-refractivity contribution in [2.45, 2.75) is 6.92 Å². The van der Waals surface area contributed by atoms with E-state index < -0.39 is 13.8 Å². The highest BCUT2D eigenvalue weighted by atomic mass is 31.2. The Hall–Kier alpha value is -0.760. The minimum absolute atomic E-state index is 0.101. The Morgan fingerprint density at radius 3 is 2.35 bits per heavy atom. The van der Waals surface area contributed by atoms with Crippen LogP contribution < -0.4 is 4.89 Å². The van der Waals surface area contributed by atoms with Crippen LogP contribution in [0.15, 0.2) is 12.2 Å². The van der Waals surface area contributed by atoms with E-state index in [0.717, 1.165) is 0 Å². The molecular formula is C11H22NO7P. The molecular weight excluding hydrogens is 289 g/mol. The second kappa shape index (κ2) is 8.51. The van der Waals surface area contributed by atoms with Gasteiger partial charge in [-0.15, -0.1) is 0 Å². The van der Waals surface area contributed by atoms with Gasteiger partial charge < -0.3 is 18.6 Å². The van der Waals surface area contributed by atoms with Gasteiger partial charge in [-0.1, -0.05) is 6.58 Å². The molecule has 0 amide bonds. The van der Waals surface area contributed by atoms with Crippen LogP contribution in [0.1, 0.15) is 6.92 Å². The summed E-state index contributed by atoms with van der Waals surface area (Å²) in [5.41, 5.74) is 0.218. The van der Waals surface area contributed by atoms with Crippen LogP contribution in [0.5, 0.6) is 0 Å². The predicted octanol–water partition coefficient (Wildman–Crippen LogP) is 0.245. The zero-order valence-corrected chi connectivity index (χ0v) is 13.2. The van der Waals surface area contributed by atoms with Gasteiger partial charge in [-0.3, -0.25) is 4.57 Å². The third kappa shape index (κ3) is 11.1. The molecule has 0 rings (SSSR count). The highest BCUT2D eigenvalue weighted by Gasteiger charge is 2.13. The highest BCUT2D eigenvalue weighted by molar-refractivity contribution is 7.45. The molecule has 118 valence electrons. The molecule has 8 nitrogen and oxygen atoms in total. The van der Waals surface area contributed by atoms with Crippen LogP contribution in [-0.2, 0) is 28.2 Å². The third-order valence-electron chi connectivity index (χ3n) is 1.90. The molecule has 20 heavy (non-hydrogen) atoms. The fourth-order valence-electron chi connectivity index (χ4n) is 0.841. The number of likely N-dealkylation sites (N-methyl/N-ethyl adjacent to an activating group) is 1. The quantitative estimate of drug-likeness (QED) is 0.108. The van der Waals surface area contributed by atoms with Gasteiger partial charge in [-0.05, 0) is 6.92 Å². The lowest BCUT2D eigenvalue weighted by Gasteiger charge is -2.25. The minimum atomic E-state index is -4.55. The Labute approximate surface area is 119 Å². The van der Waals surface area contributed by atoms with Crippen LogP contribution in [0, 0.1) is 0 Å². The SMILES string of the molecule is C=C(C)C(=O)OCCOP(=O)([O-])OOCC[N+](C)(C)C. The topological polar surface area (TPSA) is 94.1 Å². The number of carbonyl (C=O) groups excluding carboxylic acids is 1. The van der Waals surface area contributed by atoms with Gasteiger partial charge in [0.05, 0.1) is 27.7 Å². The Morgan fingerprint density at radius 2 is 1.85 bits per heavy atom. The molecule has 1 atom stereocenters. The molecule has 0 aliphatic carbocycles. The summed E-state index contributed by atoms with van der Waals surface area (Å²) < 4.78 is 25.1. The van der Waals surface area contributed by atoms with E-state index in [9.17, 15) is 14.3 Å². The maximum Gasteiger partial charge on any atom is 0.333 e.